The van der Waals surface area contributed by atoms with Crippen LogP contribution in [-0.4, -0.2) is 25.4 Å². The highest BCUT2D eigenvalue weighted by Crippen LogP contribution is 2.16. The number of carbonyl (C=O) groups excluding carboxylic acids is 1. The number of nitrogens with zero attached hydrogens (tertiary/aromatic N) is 4. The molecule has 1 aromatic carbocycles. The number of benzene rings is 1. The van der Waals surface area contributed by atoms with E-state index in [0.29, 0.717) is 16.7 Å². The minimum absolute atomic E-state index is 0.287. The van der Waals surface area contributed by atoms with Crippen LogP contribution >= 0.6 is 11.6 Å². The average Bonchev–Trinajstić information content (AvgIpc) is 3.01. The van der Waals surface area contributed by atoms with Crippen LogP contribution in [0, 0.1) is 6.92 Å². The number of halogens is 1. The van der Waals surface area contributed by atoms with Crippen molar-refractivity contribution in [2.45, 2.75) is 6.92 Å². The highest BCUT2D eigenvalue weighted by Gasteiger charge is 2.05. The molecule has 0 bridgehead atoms. The third kappa shape index (κ3) is 3.67. The summed E-state index contributed by atoms with van der Waals surface area (Å²) in [6, 6.07) is 7.29. The summed E-state index contributed by atoms with van der Waals surface area (Å²) >= 11 is 6.04. The minimum Gasteiger partial charge on any atom is -0.320 e. The van der Waals surface area contributed by atoms with Crippen LogP contribution in [0.5, 0.6) is 0 Å². The van der Waals surface area contributed by atoms with E-state index in [9.17, 15) is 4.79 Å². The standard InChI is InChI=1S/C17H14ClN5O/c1-12-19-8-9-23(12)17-20-10-14(11-21-17)22-16(24)7-6-13-4-2-3-5-15(13)18/h2-11H,1H3,(H,22,24)/b7-6+. The lowest BCUT2D eigenvalue weighted by Crippen LogP contribution is -2.09. The normalized spacial score (nSPS) is 10.9. The van der Waals surface area contributed by atoms with Gasteiger partial charge in [0.15, 0.2) is 0 Å². The number of hydrogen-bond acceptors (Lipinski definition) is 4. The molecule has 2 aromatic heterocycles. The average molecular weight is 340 g/mol. The molecular weight excluding hydrogens is 326 g/mol. The first-order valence-electron chi connectivity index (χ1n) is 7.19. The topological polar surface area (TPSA) is 72.7 Å². The summed E-state index contributed by atoms with van der Waals surface area (Å²) < 4.78 is 1.75. The van der Waals surface area contributed by atoms with Crippen molar-refractivity contribution in [2.24, 2.45) is 0 Å². The molecule has 0 unspecified atom stereocenters. The molecule has 0 aliphatic carbocycles. The van der Waals surface area contributed by atoms with E-state index in [1.54, 1.807) is 41.5 Å². The Labute approximate surface area is 143 Å². The van der Waals surface area contributed by atoms with Gasteiger partial charge in [-0.15, -0.1) is 0 Å². The zero-order valence-corrected chi connectivity index (χ0v) is 13.6. The molecule has 3 aromatic rings. The second-order valence-corrected chi connectivity index (χ2v) is 5.37. The fourth-order valence-corrected chi connectivity index (χ4v) is 2.26. The highest BCUT2D eigenvalue weighted by molar-refractivity contribution is 6.32. The summed E-state index contributed by atoms with van der Waals surface area (Å²) in [5, 5.41) is 3.29. The van der Waals surface area contributed by atoms with Crippen molar-refractivity contribution in [3.63, 3.8) is 0 Å². The van der Waals surface area contributed by atoms with Gasteiger partial charge in [0.1, 0.15) is 5.82 Å². The summed E-state index contributed by atoms with van der Waals surface area (Å²) in [5.74, 6) is 0.995. The largest absolute Gasteiger partial charge is 0.320 e. The molecule has 2 heterocycles. The van der Waals surface area contributed by atoms with Crippen molar-refractivity contribution < 1.29 is 4.79 Å². The molecule has 24 heavy (non-hydrogen) atoms. The summed E-state index contributed by atoms with van der Waals surface area (Å²) in [6.07, 6.45) is 9.60. The maximum absolute atomic E-state index is 12.0. The molecule has 120 valence electrons. The first-order valence-corrected chi connectivity index (χ1v) is 7.57. The first-order chi connectivity index (χ1) is 11.6. The van der Waals surface area contributed by atoms with Gasteiger partial charge in [0.25, 0.3) is 0 Å². The molecule has 3 rings (SSSR count). The fourth-order valence-electron chi connectivity index (χ4n) is 2.06. The molecule has 0 aliphatic rings. The molecule has 0 spiro atoms. The summed E-state index contributed by atoms with van der Waals surface area (Å²) in [6.45, 7) is 1.86. The van der Waals surface area contributed by atoms with E-state index >= 15 is 0 Å². The van der Waals surface area contributed by atoms with Gasteiger partial charge in [0, 0.05) is 23.5 Å². The van der Waals surface area contributed by atoms with Crippen LogP contribution in [0.3, 0.4) is 0 Å². The SMILES string of the molecule is Cc1nccn1-c1ncc(NC(=O)/C=C/c2ccccc2Cl)cn1. The minimum atomic E-state index is -0.287. The first kappa shape index (κ1) is 15.9. The zero-order chi connectivity index (χ0) is 16.9. The van der Waals surface area contributed by atoms with Gasteiger partial charge in [0.2, 0.25) is 11.9 Å². The summed E-state index contributed by atoms with van der Waals surface area (Å²) in [7, 11) is 0. The van der Waals surface area contributed by atoms with Crippen molar-refractivity contribution in [3.05, 3.63) is 71.5 Å². The number of imidazole rings is 1. The third-order valence-corrected chi connectivity index (χ3v) is 3.61. The second-order valence-electron chi connectivity index (χ2n) is 4.96. The number of carbonyl (C=O) groups is 1. The Morgan fingerprint density at radius 1 is 1.21 bits per heavy atom. The van der Waals surface area contributed by atoms with Crippen LogP contribution in [0.2, 0.25) is 5.02 Å². The Kier molecular flexibility index (Phi) is 4.67. The molecule has 0 fully saturated rings. The van der Waals surface area contributed by atoms with E-state index in [0.717, 1.165) is 11.4 Å². The number of amides is 1. The van der Waals surface area contributed by atoms with E-state index in [-0.39, 0.29) is 5.91 Å². The van der Waals surface area contributed by atoms with Crippen molar-refractivity contribution in [3.8, 4) is 5.95 Å². The molecule has 7 heteroatoms. The fraction of sp³-hybridized carbons (Fsp3) is 0.0588. The van der Waals surface area contributed by atoms with E-state index < -0.39 is 0 Å². The monoisotopic (exact) mass is 339 g/mol. The third-order valence-electron chi connectivity index (χ3n) is 3.27. The Hall–Kier alpha value is -2.99. The lowest BCUT2D eigenvalue weighted by Gasteiger charge is -2.05. The predicted octanol–water partition coefficient (Wildman–Crippen LogP) is 3.28. The lowest BCUT2D eigenvalue weighted by molar-refractivity contribution is -0.111. The van der Waals surface area contributed by atoms with Crippen LogP contribution in [0.15, 0.2) is 55.1 Å². The molecule has 0 saturated carbocycles. The van der Waals surface area contributed by atoms with Gasteiger partial charge in [-0.25, -0.2) is 15.0 Å². The molecule has 0 radical (unpaired) electrons. The molecule has 0 saturated heterocycles. The zero-order valence-electron chi connectivity index (χ0n) is 12.8. The van der Waals surface area contributed by atoms with Crippen molar-refractivity contribution >= 4 is 29.3 Å². The van der Waals surface area contributed by atoms with Gasteiger partial charge < -0.3 is 5.32 Å². The molecular formula is C17H14ClN5O. The van der Waals surface area contributed by atoms with Crippen molar-refractivity contribution in [1.82, 2.24) is 19.5 Å². The number of rotatable bonds is 4. The lowest BCUT2D eigenvalue weighted by atomic mass is 10.2. The van der Waals surface area contributed by atoms with Gasteiger partial charge in [-0.2, -0.15) is 0 Å². The molecule has 6 nitrogen and oxygen atoms in total. The molecule has 1 N–H and O–H groups in total. The molecule has 0 atom stereocenters. The Balaban J connectivity index is 1.67. The quantitative estimate of drug-likeness (QED) is 0.740. The number of anilines is 1. The second kappa shape index (κ2) is 7.06. The number of nitrogens with one attached hydrogen (secondary N) is 1. The van der Waals surface area contributed by atoms with Crippen molar-refractivity contribution in [1.29, 1.82) is 0 Å². The maximum Gasteiger partial charge on any atom is 0.248 e. The van der Waals surface area contributed by atoms with Gasteiger partial charge in [0.05, 0.1) is 18.1 Å². The Morgan fingerprint density at radius 2 is 1.96 bits per heavy atom. The number of aryl methyl sites for hydroxylation is 1. The van der Waals surface area contributed by atoms with Crippen LogP contribution in [0.25, 0.3) is 12.0 Å². The van der Waals surface area contributed by atoms with E-state index in [1.807, 2.05) is 25.1 Å². The number of hydrogen-bond donors (Lipinski definition) is 1. The Bertz CT molecular complexity index is 886. The smallest absolute Gasteiger partial charge is 0.248 e. The van der Waals surface area contributed by atoms with Crippen LogP contribution < -0.4 is 5.32 Å². The van der Waals surface area contributed by atoms with Crippen molar-refractivity contribution in [2.75, 3.05) is 5.32 Å². The predicted molar refractivity (Wildman–Crippen MR) is 93.0 cm³/mol. The van der Waals surface area contributed by atoms with Crippen LogP contribution in [0.1, 0.15) is 11.4 Å². The van der Waals surface area contributed by atoms with E-state index in [4.69, 9.17) is 11.6 Å². The number of aromatic nitrogens is 4. The van der Waals surface area contributed by atoms with Crippen LogP contribution in [-0.2, 0) is 4.79 Å². The molecule has 0 aliphatic heterocycles. The van der Waals surface area contributed by atoms with E-state index in [2.05, 4.69) is 20.3 Å². The van der Waals surface area contributed by atoms with Gasteiger partial charge in [-0.3, -0.25) is 9.36 Å². The summed E-state index contributed by atoms with van der Waals surface area (Å²) in [4.78, 5) is 24.5. The molecule has 1 amide bonds. The Morgan fingerprint density at radius 3 is 2.62 bits per heavy atom. The summed E-state index contributed by atoms with van der Waals surface area (Å²) in [5.41, 5.74) is 1.28. The van der Waals surface area contributed by atoms with Gasteiger partial charge in [-0.1, -0.05) is 29.8 Å². The van der Waals surface area contributed by atoms with Gasteiger partial charge in [-0.05, 0) is 24.6 Å². The van der Waals surface area contributed by atoms with Gasteiger partial charge >= 0.3 is 0 Å². The maximum atomic E-state index is 12.0. The van der Waals surface area contributed by atoms with E-state index in [1.165, 1.54) is 6.08 Å². The highest BCUT2D eigenvalue weighted by atomic mass is 35.5. The van der Waals surface area contributed by atoms with Crippen LogP contribution in [0.4, 0.5) is 5.69 Å².